The third kappa shape index (κ3) is 2.18. The normalized spacial score (nSPS) is 24.1. The van der Waals surface area contributed by atoms with Crippen LogP contribution in [0.1, 0.15) is 23.0 Å². The average molecular weight is 388 g/mol. The number of nitrogens with two attached hydrogens (primary N) is 12. The largest absolute Gasteiger partial charge is 0.397 e. The van der Waals surface area contributed by atoms with E-state index in [1.807, 2.05) is 0 Å². The highest BCUT2D eigenvalue weighted by Gasteiger charge is 2.51. The first-order chi connectivity index (χ1) is 12.9. The first-order valence-electron chi connectivity index (χ1n) is 8.46. The number of benzene rings is 2. The summed E-state index contributed by atoms with van der Waals surface area (Å²) >= 11 is 0. The van der Waals surface area contributed by atoms with E-state index in [1.54, 1.807) is 0 Å². The molecule has 1 aliphatic carbocycles. The minimum atomic E-state index is -0.561. The number of anilines is 10. The summed E-state index contributed by atoms with van der Waals surface area (Å²) in [5.74, 6) is -0.928. The van der Waals surface area contributed by atoms with Crippen LogP contribution in [0.4, 0.5) is 56.9 Å². The molecule has 1 aliphatic rings. The van der Waals surface area contributed by atoms with E-state index in [2.05, 4.69) is 0 Å². The molecule has 0 atom stereocenters. The quantitative estimate of drug-likeness (QED) is 0.249. The first kappa shape index (κ1) is 19.1. The lowest BCUT2D eigenvalue weighted by Gasteiger charge is -2.50. The van der Waals surface area contributed by atoms with E-state index in [0.29, 0.717) is 11.1 Å². The van der Waals surface area contributed by atoms with Crippen LogP contribution in [0, 0.1) is 0 Å². The first-order valence-corrected chi connectivity index (χ1v) is 8.46. The molecule has 24 N–H and O–H groups in total. The Hall–Kier alpha value is -3.64. The molecule has 0 saturated heterocycles. The van der Waals surface area contributed by atoms with Crippen LogP contribution in [0.15, 0.2) is 0 Å². The lowest BCUT2D eigenvalue weighted by molar-refractivity contribution is 0.237. The smallest absolute Gasteiger partial charge is 0.0824 e. The van der Waals surface area contributed by atoms with E-state index in [4.69, 9.17) is 68.8 Å². The number of nitrogen functional groups attached to an aromatic ring is 10. The summed E-state index contributed by atoms with van der Waals surface area (Å²) in [6.45, 7) is 0. The summed E-state index contributed by atoms with van der Waals surface area (Å²) in [4.78, 5) is 0. The Morgan fingerprint density at radius 3 is 0.714 bits per heavy atom. The van der Waals surface area contributed by atoms with E-state index in [-0.39, 0.29) is 56.9 Å². The molecule has 28 heavy (non-hydrogen) atoms. The van der Waals surface area contributed by atoms with Crippen LogP contribution in [0.25, 0.3) is 0 Å². The van der Waals surface area contributed by atoms with Crippen molar-refractivity contribution < 1.29 is 0 Å². The van der Waals surface area contributed by atoms with Crippen molar-refractivity contribution in [3.63, 3.8) is 0 Å². The molecule has 3 rings (SSSR count). The van der Waals surface area contributed by atoms with Crippen molar-refractivity contribution in [1.82, 2.24) is 0 Å². The van der Waals surface area contributed by atoms with Gasteiger partial charge >= 0.3 is 0 Å². The monoisotopic (exact) mass is 388 g/mol. The van der Waals surface area contributed by atoms with Crippen molar-refractivity contribution in [1.29, 1.82) is 0 Å². The molecule has 0 bridgehead atoms. The Morgan fingerprint density at radius 2 is 0.500 bits per heavy atom. The van der Waals surface area contributed by atoms with Gasteiger partial charge in [0, 0.05) is 35.0 Å². The third-order valence-electron chi connectivity index (χ3n) is 5.81. The maximum atomic E-state index is 6.45. The van der Waals surface area contributed by atoms with Crippen LogP contribution >= 0.6 is 0 Å². The van der Waals surface area contributed by atoms with Crippen molar-refractivity contribution in [3.05, 3.63) is 11.1 Å². The lowest BCUT2D eigenvalue weighted by Crippen LogP contribution is -2.61. The second-order valence-corrected chi connectivity index (χ2v) is 7.17. The van der Waals surface area contributed by atoms with Crippen LogP contribution in [0.2, 0.25) is 0 Å². The number of hydrogen-bond donors (Lipinski definition) is 12. The molecule has 12 nitrogen and oxygen atoms in total. The molecule has 0 radical (unpaired) electrons. The Kier molecular flexibility index (Phi) is 4.06. The van der Waals surface area contributed by atoms with E-state index in [0.717, 1.165) is 0 Å². The molecule has 0 spiro atoms. The summed E-state index contributed by atoms with van der Waals surface area (Å²) in [6.07, 6.45) is 0. The molecule has 0 heterocycles. The lowest BCUT2D eigenvalue weighted by atomic mass is 9.59. The zero-order valence-electron chi connectivity index (χ0n) is 15.2. The predicted octanol–water partition coefficient (Wildman–Crippen LogP) is -1.96. The van der Waals surface area contributed by atoms with Gasteiger partial charge in [0.05, 0.1) is 56.9 Å². The van der Waals surface area contributed by atoms with E-state index < -0.39 is 23.9 Å². The summed E-state index contributed by atoms with van der Waals surface area (Å²) in [7, 11) is 0. The maximum Gasteiger partial charge on any atom is 0.0824 e. The van der Waals surface area contributed by atoms with Crippen molar-refractivity contribution in [2.45, 2.75) is 23.9 Å². The van der Waals surface area contributed by atoms with Crippen molar-refractivity contribution in [3.8, 4) is 0 Å². The van der Waals surface area contributed by atoms with E-state index in [9.17, 15) is 0 Å². The van der Waals surface area contributed by atoms with Crippen LogP contribution in [0.5, 0.6) is 0 Å². The van der Waals surface area contributed by atoms with Crippen LogP contribution in [-0.4, -0.2) is 12.1 Å². The Labute approximate surface area is 161 Å². The number of rotatable bonds is 2. The average Bonchev–Trinajstić information content (AvgIpc) is 2.68. The number of hydrogen-bond acceptors (Lipinski definition) is 12. The van der Waals surface area contributed by atoms with Gasteiger partial charge in [-0.05, 0) is 0 Å². The van der Waals surface area contributed by atoms with Crippen LogP contribution in [-0.2, 0) is 0 Å². The molecular formula is C16H28N12. The van der Waals surface area contributed by atoms with Crippen LogP contribution in [0.3, 0.4) is 0 Å². The predicted molar refractivity (Wildman–Crippen MR) is 118 cm³/mol. The van der Waals surface area contributed by atoms with Gasteiger partial charge in [-0.1, -0.05) is 0 Å². The van der Waals surface area contributed by atoms with Gasteiger partial charge in [0.1, 0.15) is 0 Å². The van der Waals surface area contributed by atoms with E-state index >= 15 is 0 Å². The molecule has 0 aliphatic heterocycles. The second kappa shape index (κ2) is 5.94. The fourth-order valence-electron chi connectivity index (χ4n) is 4.04. The zero-order valence-corrected chi connectivity index (χ0v) is 15.2. The zero-order chi connectivity index (χ0) is 21.2. The fraction of sp³-hybridized carbons (Fsp3) is 0.250. The van der Waals surface area contributed by atoms with Gasteiger partial charge in [-0.3, -0.25) is 0 Å². The summed E-state index contributed by atoms with van der Waals surface area (Å²) in [6, 6.07) is -1.12. The maximum absolute atomic E-state index is 6.45. The minimum Gasteiger partial charge on any atom is -0.397 e. The molecule has 0 amide bonds. The van der Waals surface area contributed by atoms with Crippen molar-refractivity contribution in [2.75, 3.05) is 57.3 Å². The third-order valence-corrected chi connectivity index (χ3v) is 5.81. The van der Waals surface area contributed by atoms with Gasteiger partial charge in [-0.2, -0.15) is 0 Å². The molecular weight excluding hydrogens is 360 g/mol. The molecule has 1 saturated carbocycles. The standard InChI is InChI=1S/C16H28N12/c17-5-1(3-7(19)11(23)15(27)12(24)8(3)20)6(18)2(5)4-9(21)13(25)16(28)14(26)10(4)22/h1-2,5-6H,17-28H2. The van der Waals surface area contributed by atoms with Gasteiger partial charge in [-0.15, -0.1) is 0 Å². The van der Waals surface area contributed by atoms with Crippen LogP contribution < -0.4 is 68.8 Å². The minimum absolute atomic E-state index is 0.115. The van der Waals surface area contributed by atoms with E-state index in [1.165, 1.54) is 0 Å². The SMILES string of the molecule is Nc1c(N)c(N)c(C2C(N)C(c3c(N)c(N)c(N)c(N)c3N)C2N)c(N)c1N. The van der Waals surface area contributed by atoms with Crippen molar-refractivity contribution in [2.24, 2.45) is 11.5 Å². The molecule has 2 aromatic carbocycles. The highest BCUT2D eigenvalue weighted by molar-refractivity contribution is 5.98. The van der Waals surface area contributed by atoms with Gasteiger partial charge in [0.25, 0.3) is 0 Å². The fourth-order valence-corrected chi connectivity index (χ4v) is 4.04. The molecule has 0 aromatic heterocycles. The van der Waals surface area contributed by atoms with Crippen molar-refractivity contribution >= 4 is 56.9 Å². The molecule has 152 valence electrons. The highest BCUT2D eigenvalue weighted by Crippen LogP contribution is 2.55. The topological polar surface area (TPSA) is 312 Å². The molecule has 2 aromatic rings. The van der Waals surface area contributed by atoms with Gasteiger partial charge in [0.15, 0.2) is 0 Å². The molecule has 12 heteroatoms. The van der Waals surface area contributed by atoms with Gasteiger partial charge in [0.2, 0.25) is 0 Å². The molecule has 1 fully saturated rings. The Bertz CT molecular complexity index is 839. The summed E-state index contributed by atoms with van der Waals surface area (Å²) < 4.78 is 0. The van der Waals surface area contributed by atoms with Gasteiger partial charge < -0.3 is 68.8 Å². The Morgan fingerprint density at radius 1 is 0.321 bits per heavy atom. The second-order valence-electron chi connectivity index (χ2n) is 7.17. The van der Waals surface area contributed by atoms with Gasteiger partial charge in [-0.25, -0.2) is 0 Å². The highest BCUT2D eigenvalue weighted by atomic mass is 14.9. The molecule has 0 unspecified atom stereocenters. The summed E-state index contributed by atoms with van der Waals surface area (Å²) in [5, 5.41) is 0. The summed E-state index contributed by atoms with van der Waals surface area (Å²) in [5.41, 5.74) is 75.4. The Balaban J connectivity index is 2.12.